The van der Waals surface area contributed by atoms with Gasteiger partial charge in [0.2, 0.25) is 0 Å². The Hall–Kier alpha value is -0.160. The molecule has 0 saturated carbocycles. The summed E-state index contributed by atoms with van der Waals surface area (Å²) in [5, 5.41) is 0. The van der Waals surface area contributed by atoms with Crippen molar-refractivity contribution in [1.29, 1.82) is 0 Å². The van der Waals surface area contributed by atoms with Crippen LogP contribution in [-0.2, 0) is 0 Å². The largest absolute Gasteiger partial charge is 0.329 e. The van der Waals surface area contributed by atoms with E-state index in [1.807, 2.05) is 0 Å². The fourth-order valence-electron chi connectivity index (χ4n) is 4.22. The van der Waals surface area contributed by atoms with Gasteiger partial charge in [0.05, 0.1) is 0 Å². The van der Waals surface area contributed by atoms with Crippen molar-refractivity contribution in [2.75, 3.05) is 46.3 Å². The molecule has 2 aliphatic rings. The average molecular weight is 297 g/mol. The highest BCUT2D eigenvalue weighted by Gasteiger charge is 2.41. The fraction of sp³-hybridized carbons (Fsp3) is 1.00. The standard InChI is InChI=1S/C17H36N4/c1-5-9-20-10-6-7-17(14-18,8-11-20)21-12-15(2)19(4)16(3)13-21/h15-16H,5-14,18H2,1-4H3. The third-order valence-electron chi connectivity index (χ3n) is 5.96. The predicted molar refractivity (Wildman–Crippen MR) is 90.6 cm³/mol. The first-order valence-corrected chi connectivity index (χ1v) is 8.92. The summed E-state index contributed by atoms with van der Waals surface area (Å²) in [6.45, 7) is 13.9. The van der Waals surface area contributed by atoms with Crippen LogP contribution in [0.3, 0.4) is 0 Å². The molecule has 2 heterocycles. The summed E-state index contributed by atoms with van der Waals surface area (Å²) >= 11 is 0. The molecule has 3 atom stereocenters. The predicted octanol–water partition coefficient (Wildman–Crippen LogP) is 1.60. The van der Waals surface area contributed by atoms with Crippen LogP contribution in [0.15, 0.2) is 0 Å². The van der Waals surface area contributed by atoms with E-state index in [2.05, 4.69) is 42.5 Å². The highest BCUT2D eigenvalue weighted by atomic mass is 15.3. The topological polar surface area (TPSA) is 35.7 Å². The first-order valence-electron chi connectivity index (χ1n) is 8.92. The third-order valence-corrected chi connectivity index (χ3v) is 5.96. The van der Waals surface area contributed by atoms with Crippen molar-refractivity contribution in [2.45, 2.75) is 64.1 Å². The minimum absolute atomic E-state index is 0.242. The molecule has 2 fully saturated rings. The van der Waals surface area contributed by atoms with Crippen molar-refractivity contribution in [3.05, 3.63) is 0 Å². The zero-order chi connectivity index (χ0) is 15.5. The van der Waals surface area contributed by atoms with Crippen molar-refractivity contribution < 1.29 is 0 Å². The quantitative estimate of drug-likeness (QED) is 0.855. The van der Waals surface area contributed by atoms with Gasteiger partial charge in [-0.15, -0.1) is 0 Å². The summed E-state index contributed by atoms with van der Waals surface area (Å²) in [7, 11) is 2.26. The minimum Gasteiger partial charge on any atom is -0.329 e. The van der Waals surface area contributed by atoms with Crippen LogP contribution in [0.1, 0.15) is 46.5 Å². The molecule has 0 bridgehead atoms. The summed E-state index contributed by atoms with van der Waals surface area (Å²) in [4.78, 5) is 7.89. The van der Waals surface area contributed by atoms with Crippen LogP contribution in [0.25, 0.3) is 0 Å². The Morgan fingerprint density at radius 2 is 1.76 bits per heavy atom. The molecular weight excluding hydrogens is 260 g/mol. The van der Waals surface area contributed by atoms with E-state index in [1.54, 1.807) is 0 Å². The highest BCUT2D eigenvalue weighted by Crippen LogP contribution is 2.31. The number of piperazine rings is 1. The maximum Gasteiger partial charge on any atom is 0.0345 e. The van der Waals surface area contributed by atoms with Crippen LogP contribution < -0.4 is 5.73 Å². The van der Waals surface area contributed by atoms with E-state index in [9.17, 15) is 0 Å². The molecule has 0 amide bonds. The number of nitrogens with two attached hydrogens (primary N) is 1. The van der Waals surface area contributed by atoms with Crippen molar-refractivity contribution >= 4 is 0 Å². The van der Waals surface area contributed by atoms with Gasteiger partial charge in [-0.3, -0.25) is 9.80 Å². The van der Waals surface area contributed by atoms with Crippen molar-refractivity contribution in [3.63, 3.8) is 0 Å². The molecule has 2 aliphatic heterocycles. The first-order chi connectivity index (χ1) is 10.0. The summed E-state index contributed by atoms with van der Waals surface area (Å²) < 4.78 is 0. The van der Waals surface area contributed by atoms with Crippen LogP contribution in [0.5, 0.6) is 0 Å². The number of hydrogen-bond acceptors (Lipinski definition) is 4. The van der Waals surface area contributed by atoms with Gasteiger partial charge in [-0.25, -0.2) is 0 Å². The maximum atomic E-state index is 6.31. The lowest BCUT2D eigenvalue weighted by Gasteiger charge is -2.51. The lowest BCUT2D eigenvalue weighted by molar-refractivity contribution is -0.0163. The zero-order valence-corrected chi connectivity index (χ0v) is 14.6. The highest BCUT2D eigenvalue weighted by molar-refractivity contribution is 4.99. The zero-order valence-electron chi connectivity index (χ0n) is 14.6. The number of likely N-dealkylation sites (N-methyl/N-ethyl adjacent to an activating group) is 1. The molecule has 124 valence electrons. The van der Waals surface area contributed by atoms with Gasteiger partial charge in [-0.05, 0) is 66.2 Å². The van der Waals surface area contributed by atoms with Gasteiger partial charge in [-0.1, -0.05) is 6.92 Å². The van der Waals surface area contributed by atoms with Gasteiger partial charge in [0, 0.05) is 37.3 Å². The van der Waals surface area contributed by atoms with Crippen LogP contribution in [-0.4, -0.2) is 78.6 Å². The molecular formula is C17H36N4. The lowest BCUT2D eigenvalue weighted by atomic mass is 9.86. The van der Waals surface area contributed by atoms with Gasteiger partial charge >= 0.3 is 0 Å². The normalized spacial score (nSPS) is 37.6. The first kappa shape index (κ1) is 17.2. The number of hydrogen-bond donors (Lipinski definition) is 1. The van der Waals surface area contributed by atoms with E-state index in [0.29, 0.717) is 12.1 Å². The van der Waals surface area contributed by atoms with Crippen LogP contribution in [0.2, 0.25) is 0 Å². The second-order valence-corrected chi connectivity index (χ2v) is 7.39. The molecule has 3 unspecified atom stereocenters. The summed E-state index contributed by atoms with van der Waals surface area (Å²) in [6, 6.07) is 1.26. The smallest absolute Gasteiger partial charge is 0.0345 e. The molecule has 2 saturated heterocycles. The average Bonchev–Trinajstić information content (AvgIpc) is 2.68. The molecule has 0 aromatic heterocycles. The van der Waals surface area contributed by atoms with Crippen molar-refractivity contribution in [3.8, 4) is 0 Å². The Morgan fingerprint density at radius 3 is 2.33 bits per heavy atom. The van der Waals surface area contributed by atoms with Crippen molar-refractivity contribution in [1.82, 2.24) is 14.7 Å². The SMILES string of the molecule is CCCN1CCCC(CN)(N2CC(C)N(C)C(C)C2)CC1. The number of rotatable bonds is 4. The Labute approximate surface area is 131 Å². The third kappa shape index (κ3) is 3.79. The van der Waals surface area contributed by atoms with Crippen LogP contribution >= 0.6 is 0 Å². The van der Waals surface area contributed by atoms with E-state index in [1.165, 1.54) is 58.4 Å². The van der Waals surface area contributed by atoms with E-state index in [0.717, 1.165) is 6.54 Å². The molecule has 21 heavy (non-hydrogen) atoms. The van der Waals surface area contributed by atoms with Gasteiger partial charge in [-0.2, -0.15) is 0 Å². The molecule has 0 aromatic rings. The van der Waals surface area contributed by atoms with Gasteiger partial charge in [0.1, 0.15) is 0 Å². The molecule has 4 heteroatoms. The van der Waals surface area contributed by atoms with Crippen molar-refractivity contribution in [2.24, 2.45) is 5.73 Å². The second-order valence-electron chi connectivity index (χ2n) is 7.39. The Balaban J connectivity index is 2.06. The number of likely N-dealkylation sites (tertiary alicyclic amines) is 1. The van der Waals surface area contributed by atoms with E-state index >= 15 is 0 Å². The Morgan fingerprint density at radius 1 is 1.10 bits per heavy atom. The molecule has 0 spiro atoms. The lowest BCUT2D eigenvalue weighted by Crippen LogP contribution is -2.64. The molecule has 0 radical (unpaired) electrons. The molecule has 2 rings (SSSR count). The molecule has 0 aromatic carbocycles. The summed E-state index contributed by atoms with van der Waals surface area (Å²) in [6.07, 6.45) is 5.07. The summed E-state index contributed by atoms with van der Waals surface area (Å²) in [5.41, 5.74) is 6.55. The van der Waals surface area contributed by atoms with E-state index in [-0.39, 0.29) is 5.54 Å². The van der Waals surface area contributed by atoms with Crippen LogP contribution in [0, 0.1) is 0 Å². The second kappa shape index (κ2) is 7.40. The minimum atomic E-state index is 0.242. The Kier molecular flexibility index (Phi) is 6.06. The Bertz CT molecular complexity index is 310. The summed E-state index contributed by atoms with van der Waals surface area (Å²) in [5.74, 6) is 0. The molecule has 2 N–H and O–H groups in total. The molecule has 4 nitrogen and oxygen atoms in total. The monoisotopic (exact) mass is 296 g/mol. The molecule has 0 aliphatic carbocycles. The fourth-order valence-corrected chi connectivity index (χ4v) is 4.22. The van der Waals surface area contributed by atoms with Gasteiger partial charge in [0.15, 0.2) is 0 Å². The van der Waals surface area contributed by atoms with Crippen LogP contribution in [0.4, 0.5) is 0 Å². The maximum absolute atomic E-state index is 6.31. The number of nitrogens with zero attached hydrogens (tertiary/aromatic N) is 3. The van der Waals surface area contributed by atoms with Gasteiger partial charge < -0.3 is 10.6 Å². The van der Waals surface area contributed by atoms with E-state index in [4.69, 9.17) is 5.73 Å². The van der Waals surface area contributed by atoms with E-state index < -0.39 is 0 Å². The van der Waals surface area contributed by atoms with Gasteiger partial charge in [0.25, 0.3) is 0 Å².